The summed E-state index contributed by atoms with van der Waals surface area (Å²) in [5, 5.41) is 0. The van der Waals surface area contributed by atoms with Crippen LogP contribution in [0.2, 0.25) is 0 Å². The van der Waals surface area contributed by atoms with Crippen LogP contribution in [-0.4, -0.2) is 62.5 Å². The molecule has 0 unspecified atom stereocenters. The molecule has 0 atom stereocenters. The fraction of sp³-hybridized carbons (Fsp3) is 0.588. The molecule has 0 radical (unpaired) electrons. The molecule has 4 heteroatoms. The predicted octanol–water partition coefficient (Wildman–Crippen LogP) is 2.29. The quantitative estimate of drug-likeness (QED) is 0.721. The van der Waals surface area contributed by atoms with Gasteiger partial charge in [0.2, 0.25) is 0 Å². The number of carbonyl (C=O) groups excluding carboxylic acids is 1. The number of ketones is 1. The van der Waals surface area contributed by atoms with Crippen LogP contribution in [0.5, 0.6) is 5.75 Å². The van der Waals surface area contributed by atoms with Gasteiger partial charge >= 0.3 is 0 Å². The van der Waals surface area contributed by atoms with Gasteiger partial charge in [-0.1, -0.05) is 0 Å². The van der Waals surface area contributed by atoms with Gasteiger partial charge in [-0.3, -0.25) is 9.69 Å². The number of ether oxygens (including phenoxy) is 1. The van der Waals surface area contributed by atoms with E-state index in [2.05, 4.69) is 23.9 Å². The van der Waals surface area contributed by atoms with Gasteiger partial charge in [-0.25, -0.2) is 0 Å². The largest absolute Gasteiger partial charge is 0.497 e. The van der Waals surface area contributed by atoms with Crippen molar-refractivity contribution in [1.29, 1.82) is 0 Å². The molecule has 0 amide bonds. The van der Waals surface area contributed by atoms with Crippen LogP contribution in [0, 0.1) is 0 Å². The molecule has 0 aliphatic heterocycles. The van der Waals surface area contributed by atoms with E-state index < -0.39 is 0 Å². The smallest absolute Gasteiger partial charge is 0.176 e. The normalized spacial score (nSPS) is 16.9. The van der Waals surface area contributed by atoms with Gasteiger partial charge in [-0.15, -0.1) is 0 Å². The van der Waals surface area contributed by atoms with Crippen molar-refractivity contribution < 1.29 is 9.53 Å². The lowest BCUT2D eigenvalue weighted by Gasteiger charge is -2.49. The van der Waals surface area contributed by atoms with Crippen LogP contribution in [0.1, 0.15) is 29.6 Å². The molecule has 4 nitrogen and oxygen atoms in total. The highest BCUT2D eigenvalue weighted by atomic mass is 16.5. The fourth-order valence-electron chi connectivity index (χ4n) is 3.00. The van der Waals surface area contributed by atoms with E-state index in [0.29, 0.717) is 6.54 Å². The molecule has 0 bridgehead atoms. The van der Waals surface area contributed by atoms with Crippen LogP contribution < -0.4 is 4.74 Å². The van der Waals surface area contributed by atoms with Crippen LogP contribution in [0.3, 0.4) is 0 Å². The van der Waals surface area contributed by atoms with Crippen molar-refractivity contribution in [2.24, 2.45) is 0 Å². The average molecular weight is 290 g/mol. The van der Waals surface area contributed by atoms with E-state index in [1.54, 1.807) is 7.11 Å². The number of likely N-dealkylation sites (N-methyl/N-ethyl adjacent to an activating group) is 2. The lowest BCUT2D eigenvalue weighted by molar-refractivity contribution is 0.0280. The van der Waals surface area contributed by atoms with Gasteiger partial charge < -0.3 is 9.64 Å². The average Bonchev–Trinajstić information content (AvgIpc) is 2.42. The number of benzene rings is 1. The lowest BCUT2D eigenvalue weighted by atomic mass is 9.75. The molecule has 0 aromatic heterocycles. The fourth-order valence-corrected chi connectivity index (χ4v) is 3.00. The van der Waals surface area contributed by atoms with Crippen molar-refractivity contribution in [2.75, 3.05) is 41.3 Å². The van der Waals surface area contributed by atoms with E-state index in [9.17, 15) is 4.79 Å². The molecule has 1 aliphatic rings. The van der Waals surface area contributed by atoms with Crippen molar-refractivity contribution in [1.82, 2.24) is 9.80 Å². The molecule has 0 spiro atoms. The Morgan fingerprint density at radius 3 is 2.24 bits per heavy atom. The number of carbonyl (C=O) groups is 1. The SMILES string of the molecule is COc1ccc(C(=O)CN(C)CC2(N(C)C)CCC2)cc1. The highest BCUT2D eigenvalue weighted by molar-refractivity contribution is 5.97. The summed E-state index contributed by atoms with van der Waals surface area (Å²) in [5.74, 6) is 0.939. The maximum Gasteiger partial charge on any atom is 0.176 e. The summed E-state index contributed by atoms with van der Waals surface area (Å²) in [7, 11) is 7.94. The highest BCUT2D eigenvalue weighted by Gasteiger charge is 2.39. The molecule has 1 fully saturated rings. The Bertz CT molecular complexity index is 478. The Labute approximate surface area is 127 Å². The number of methoxy groups -OCH3 is 1. The van der Waals surface area contributed by atoms with E-state index in [1.807, 2.05) is 31.3 Å². The molecular weight excluding hydrogens is 264 g/mol. The van der Waals surface area contributed by atoms with Crippen molar-refractivity contribution in [3.05, 3.63) is 29.8 Å². The topological polar surface area (TPSA) is 32.8 Å². The molecule has 0 saturated heterocycles. The monoisotopic (exact) mass is 290 g/mol. The minimum Gasteiger partial charge on any atom is -0.497 e. The second kappa shape index (κ2) is 6.58. The van der Waals surface area contributed by atoms with Crippen LogP contribution in [0.25, 0.3) is 0 Å². The van der Waals surface area contributed by atoms with Gasteiger partial charge in [0.05, 0.1) is 13.7 Å². The maximum absolute atomic E-state index is 12.3. The van der Waals surface area contributed by atoms with Gasteiger partial charge in [0.15, 0.2) is 5.78 Å². The Kier molecular flexibility index (Phi) is 5.01. The van der Waals surface area contributed by atoms with Crippen molar-refractivity contribution >= 4 is 5.78 Å². The maximum atomic E-state index is 12.3. The summed E-state index contributed by atoms with van der Waals surface area (Å²) in [6, 6.07) is 7.33. The van der Waals surface area contributed by atoms with E-state index >= 15 is 0 Å². The molecule has 116 valence electrons. The molecule has 1 aromatic rings. The number of rotatable bonds is 7. The molecule has 1 aliphatic carbocycles. The number of Topliss-reactive ketones (excluding diaryl/α,β-unsaturated/α-hetero) is 1. The van der Waals surface area contributed by atoms with E-state index in [1.165, 1.54) is 19.3 Å². The molecule has 2 rings (SSSR count). The van der Waals surface area contributed by atoms with Crippen molar-refractivity contribution in [2.45, 2.75) is 24.8 Å². The second-order valence-electron chi connectivity index (χ2n) is 6.30. The van der Waals surface area contributed by atoms with Gasteiger partial charge in [-0.2, -0.15) is 0 Å². The Hall–Kier alpha value is -1.39. The summed E-state index contributed by atoms with van der Waals surface area (Å²) >= 11 is 0. The highest BCUT2D eigenvalue weighted by Crippen LogP contribution is 2.36. The number of hydrogen-bond donors (Lipinski definition) is 0. The number of nitrogens with zero attached hydrogens (tertiary/aromatic N) is 2. The summed E-state index contributed by atoms with van der Waals surface area (Å²) in [6.45, 7) is 1.41. The Balaban J connectivity index is 1.92. The molecule has 1 aromatic carbocycles. The van der Waals surface area contributed by atoms with Crippen LogP contribution in [-0.2, 0) is 0 Å². The summed E-state index contributed by atoms with van der Waals surface area (Å²) in [4.78, 5) is 16.8. The molecule has 21 heavy (non-hydrogen) atoms. The van der Waals surface area contributed by atoms with Gasteiger partial charge in [-0.05, 0) is 64.7 Å². The van der Waals surface area contributed by atoms with Gasteiger partial charge in [0.1, 0.15) is 5.75 Å². The third kappa shape index (κ3) is 3.63. The van der Waals surface area contributed by atoms with E-state index in [0.717, 1.165) is 17.9 Å². The Morgan fingerprint density at radius 1 is 1.19 bits per heavy atom. The minimum absolute atomic E-state index is 0.161. The van der Waals surface area contributed by atoms with E-state index in [-0.39, 0.29) is 11.3 Å². The summed E-state index contributed by atoms with van der Waals surface area (Å²) in [6.07, 6.45) is 3.74. The molecule has 0 heterocycles. The first-order valence-corrected chi connectivity index (χ1v) is 7.50. The first-order chi connectivity index (χ1) is 9.97. The summed E-state index contributed by atoms with van der Waals surface area (Å²) in [5.41, 5.74) is 1.00. The zero-order valence-corrected chi connectivity index (χ0v) is 13.6. The van der Waals surface area contributed by atoms with Gasteiger partial charge in [0, 0.05) is 17.6 Å². The molecule has 1 saturated carbocycles. The second-order valence-corrected chi connectivity index (χ2v) is 6.30. The third-order valence-corrected chi connectivity index (χ3v) is 4.62. The van der Waals surface area contributed by atoms with Crippen molar-refractivity contribution in [3.8, 4) is 5.75 Å². The first kappa shape index (κ1) is 16.0. The molecule has 0 N–H and O–H groups in total. The van der Waals surface area contributed by atoms with Crippen LogP contribution in [0.4, 0.5) is 0 Å². The zero-order chi connectivity index (χ0) is 15.5. The molecular formula is C17H26N2O2. The van der Waals surface area contributed by atoms with Crippen LogP contribution in [0.15, 0.2) is 24.3 Å². The van der Waals surface area contributed by atoms with Crippen molar-refractivity contribution in [3.63, 3.8) is 0 Å². The van der Waals surface area contributed by atoms with Crippen LogP contribution >= 0.6 is 0 Å². The Morgan fingerprint density at radius 2 is 1.81 bits per heavy atom. The van der Waals surface area contributed by atoms with Gasteiger partial charge in [0.25, 0.3) is 0 Å². The first-order valence-electron chi connectivity index (χ1n) is 7.50. The number of hydrogen-bond acceptors (Lipinski definition) is 4. The third-order valence-electron chi connectivity index (χ3n) is 4.62. The lowest BCUT2D eigenvalue weighted by Crippen LogP contribution is -2.57. The standard InChI is InChI=1S/C17H26N2O2/c1-18(2)17(10-5-11-17)13-19(3)12-16(20)14-6-8-15(21-4)9-7-14/h6-9H,5,10-13H2,1-4H3. The zero-order valence-electron chi connectivity index (χ0n) is 13.6. The predicted molar refractivity (Wildman–Crippen MR) is 85.1 cm³/mol. The van der Waals surface area contributed by atoms with E-state index in [4.69, 9.17) is 4.74 Å². The summed E-state index contributed by atoms with van der Waals surface area (Å²) < 4.78 is 5.12. The minimum atomic E-state index is 0.161.